The lowest BCUT2D eigenvalue weighted by atomic mass is 10.1. The first kappa shape index (κ1) is 17.0. The van der Waals surface area contributed by atoms with E-state index in [1.807, 2.05) is 23.2 Å². The lowest BCUT2D eigenvalue weighted by Crippen LogP contribution is -2.52. The second kappa shape index (κ2) is 6.95. The minimum Gasteiger partial charge on any atom is -0.345 e. The average molecular weight is 328 g/mol. The Morgan fingerprint density at radius 2 is 2.00 bits per heavy atom. The Bertz CT molecular complexity index is 721. The van der Waals surface area contributed by atoms with Crippen molar-refractivity contribution in [2.75, 3.05) is 47.3 Å². The van der Waals surface area contributed by atoms with Crippen LogP contribution in [-0.4, -0.2) is 78.5 Å². The number of aromatic nitrogens is 1. The molecule has 1 aliphatic rings. The van der Waals surface area contributed by atoms with Crippen molar-refractivity contribution >= 4 is 16.8 Å². The largest absolute Gasteiger partial charge is 0.345 e. The SMILES string of the molecule is CC1CN(C)CCN1C(=O)c1cn(CCN(C)C)c2ccccc12. The van der Waals surface area contributed by atoms with Gasteiger partial charge in [0.1, 0.15) is 0 Å². The zero-order chi connectivity index (χ0) is 17.3. The average Bonchev–Trinajstić information content (AvgIpc) is 2.91. The minimum atomic E-state index is 0.162. The van der Waals surface area contributed by atoms with Gasteiger partial charge < -0.3 is 19.3 Å². The fraction of sp³-hybridized carbons (Fsp3) is 0.526. The van der Waals surface area contributed by atoms with Crippen molar-refractivity contribution in [3.63, 3.8) is 0 Å². The van der Waals surface area contributed by atoms with Crippen LogP contribution in [-0.2, 0) is 6.54 Å². The summed E-state index contributed by atoms with van der Waals surface area (Å²) in [6, 6.07) is 8.48. The van der Waals surface area contributed by atoms with Gasteiger partial charge in [0.25, 0.3) is 5.91 Å². The van der Waals surface area contributed by atoms with Crippen LogP contribution in [0.4, 0.5) is 0 Å². The van der Waals surface area contributed by atoms with E-state index in [0.717, 1.165) is 49.2 Å². The molecule has 1 aromatic heterocycles. The third kappa shape index (κ3) is 3.32. The maximum Gasteiger partial charge on any atom is 0.256 e. The third-order valence-electron chi connectivity index (χ3n) is 4.90. The number of hydrogen-bond donors (Lipinski definition) is 0. The van der Waals surface area contributed by atoms with Crippen LogP contribution < -0.4 is 0 Å². The van der Waals surface area contributed by atoms with Gasteiger partial charge in [-0.1, -0.05) is 18.2 Å². The molecule has 0 radical (unpaired) electrons. The molecule has 1 atom stereocenters. The van der Waals surface area contributed by atoms with Crippen molar-refractivity contribution in [1.29, 1.82) is 0 Å². The molecule has 3 rings (SSSR count). The number of nitrogens with zero attached hydrogens (tertiary/aromatic N) is 4. The Labute approximate surface area is 144 Å². The smallest absolute Gasteiger partial charge is 0.256 e. The Morgan fingerprint density at radius 1 is 1.25 bits per heavy atom. The highest BCUT2D eigenvalue weighted by Crippen LogP contribution is 2.24. The van der Waals surface area contributed by atoms with Gasteiger partial charge in [-0.3, -0.25) is 4.79 Å². The predicted molar refractivity (Wildman–Crippen MR) is 98.5 cm³/mol. The van der Waals surface area contributed by atoms with E-state index in [1.165, 1.54) is 0 Å². The highest BCUT2D eigenvalue weighted by Gasteiger charge is 2.28. The topological polar surface area (TPSA) is 31.7 Å². The first-order valence-electron chi connectivity index (χ1n) is 8.69. The highest BCUT2D eigenvalue weighted by atomic mass is 16.2. The second-order valence-electron chi connectivity index (χ2n) is 7.17. The molecule has 5 nitrogen and oxygen atoms in total. The van der Waals surface area contributed by atoms with Gasteiger partial charge in [0.05, 0.1) is 5.56 Å². The van der Waals surface area contributed by atoms with E-state index < -0.39 is 0 Å². The van der Waals surface area contributed by atoms with Crippen molar-refractivity contribution in [1.82, 2.24) is 19.3 Å². The van der Waals surface area contributed by atoms with Crippen LogP contribution in [0, 0.1) is 0 Å². The molecule has 24 heavy (non-hydrogen) atoms. The van der Waals surface area contributed by atoms with Gasteiger partial charge in [-0.15, -0.1) is 0 Å². The van der Waals surface area contributed by atoms with E-state index in [-0.39, 0.29) is 11.9 Å². The van der Waals surface area contributed by atoms with Gasteiger partial charge in [0.2, 0.25) is 0 Å². The molecule has 1 aromatic carbocycles. The first-order chi connectivity index (χ1) is 11.5. The summed E-state index contributed by atoms with van der Waals surface area (Å²) in [5.41, 5.74) is 1.98. The summed E-state index contributed by atoms with van der Waals surface area (Å²) < 4.78 is 2.21. The molecule has 0 spiro atoms. The van der Waals surface area contributed by atoms with Crippen LogP contribution >= 0.6 is 0 Å². The van der Waals surface area contributed by atoms with Crippen LogP contribution in [0.2, 0.25) is 0 Å². The van der Waals surface area contributed by atoms with Gasteiger partial charge in [0.15, 0.2) is 0 Å². The molecule has 2 aromatic rings. The fourth-order valence-electron chi connectivity index (χ4n) is 3.51. The quantitative estimate of drug-likeness (QED) is 0.860. The van der Waals surface area contributed by atoms with Crippen molar-refractivity contribution in [3.8, 4) is 0 Å². The second-order valence-corrected chi connectivity index (χ2v) is 7.17. The van der Waals surface area contributed by atoms with Gasteiger partial charge in [-0.2, -0.15) is 0 Å². The maximum atomic E-state index is 13.2. The summed E-state index contributed by atoms with van der Waals surface area (Å²) >= 11 is 0. The minimum absolute atomic E-state index is 0.162. The summed E-state index contributed by atoms with van der Waals surface area (Å²) in [7, 11) is 6.26. The third-order valence-corrected chi connectivity index (χ3v) is 4.90. The first-order valence-corrected chi connectivity index (χ1v) is 8.69. The molecule has 130 valence electrons. The standard InChI is InChI=1S/C19H28N4O/c1-15-13-21(4)10-12-23(15)19(24)17-14-22(11-9-20(2)3)18-8-6-5-7-16(17)18/h5-8,14-15H,9-13H2,1-4H3. The zero-order valence-electron chi connectivity index (χ0n) is 15.2. The molecule has 0 bridgehead atoms. The number of rotatable bonds is 4. The van der Waals surface area contributed by atoms with E-state index in [1.54, 1.807) is 0 Å². The van der Waals surface area contributed by atoms with Crippen LogP contribution in [0.5, 0.6) is 0 Å². The highest BCUT2D eigenvalue weighted by molar-refractivity contribution is 6.07. The van der Waals surface area contributed by atoms with Crippen LogP contribution in [0.15, 0.2) is 30.5 Å². The number of hydrogen-bond acceptors (Lipinski definition) is 3. The maximum absolute atomic E-state index is 13.2. The molecule has 1 unspecified atom stereocenters. The predicted octanol–water partition coefficient (Wildman–Crippen LogP) is 1.98. The van der Waals surface area contributed by atoms with Crippen LogP contribution in [0.1, 0.15) is 17.3 Å². The summed E-state index contributed by atoms with van der Waals surface area (Å²) in [5, 5.41) is 1.06. The van der Waals surface area contributed by atoms with Crippen molar-refractivity contribution in [3.05, 3.63) is 36.0 Å². The molecule has 0 saturated carbocycles. The van der Waals surface area contributed by atoms with Gasteiger partial charge in [-0.25, -0.2) is 0 Å². The molecule has 0 aliphatic carbocycles. The van der Waals surface area contributed by atoms with Crippen LogP contribution in [0.3, 0.4) is 0 Å². The molecule has 1 aliphatic heterocycles. The van der Waals surface area contributed by atoms with Gasteiger partial charge >= 0.3 is 0 Å². The van der Waals surface area contributed by atoms with Crippen molar-refractivity contribution < 1.29 is 4.79 Å². The molecule has 2 heterocycles. The van der Waals surface area contributed by atoms with E-state index in [0.29, 0.717) is 0 Å². The molecular formula is C19H28N4O. The van der Waals surface area contributed by atoms with Gasteiger partial charge in [-0.05, 0) is 34.1 Å². The molecule has 1 fully saturated rings. The summed E-state index contributed by atoms with van der Waals surface area (Å²) in [4.78, 5) is 19.6. The number of carbonyl (C=O) groups excluding carboxylic acids is 1. The number of para-hydroxylation sites is 1. The van der Waals surface area contributed by atoms with E-state index in [2.05, 4.69) is 54.6 Å². The Morgan fingerprint density at radius 3 is 2.71 bits per heavy atom. The van der Waals surface area contributed by atoms with Crippen LogP contribution in [0.25, 0.3) is 10.9 Å². The van der Waals surface area contributed by atoms with Gasteiger partial charge in [0, 0.05) is 55.9 Å². The van der Waals surface area contributed by atoms with E-state index in [4.69, 9.17) is 0 Å². The Kier molecular flexibility index (Phi) is 4.92. The Balaban J connectivity index is 1.92. The monoisotopic (exact) mass is 328 g/mol. The summed E-state index contributed by atoms with van der Waals surface area (Å²) in [6.45, 7) is 6.66. The number of amides is 1. The Hall–Kier alpha value is -1.85. The number of carbonyl (C=O) groups is 1. The molecule has 1 amide bonds. The van der Waals surface area contributed by atoms with E-state index in [9.17, 15) is 4.79 Å². The molecule has 0 N–H and O–H groups in total. The fourth-order valence-corrected chi connectivity index (χ4v) is 3.51. The molecule has 5 heteroatoms. The number of likely N-dealkylation sites (N-methyl/N-ethyl adjacent to an activating group) is 2. The lowest BCUT2D eigenvalue weighted by molar-refractivity contribution is 0.0535. The van der Waals surface area contributed by atoms with Crippen molar-refractivity contribution in [2.24, 2.45) is 0 Å². The zero-order valence-corrected chi connectivity index (χ0v) is 15.2. The summed E-state index contributed by atoms with van der Waals surface area (Å²) in [5.74, 6) is 0.162. The van der Waals surface area contributed by atoms with E-state index >= 15 is 0 Å². The molecule has 1 saturated heterocycles. The summed E-state index contributed by atoms with van der Waals surface area (Å²) in [6.07, 6.45) is 2.04. The lowest BCUT2D eigenvalue weighted by Gasteiger charge is -2.38. The molecular weight excluding hydrogens is 300 g/mol. The normalized spacial score (nSPS) is 19.4. The number of fused-ring (bicyclic) bond motifs is 1. The number of benzene rings is 1. The van der Waals surface area contributed by atoms with Crippen molar-refractivity contribution in [2.45, 2.75) is 19.5 Å². The number of piperazine rings is 1.